The molecule has 0 bridgehead atoms. The van der Waals surface area contributed by atoms with E-state index in [1.54, 1.807) is 0 Å². The number of piperazine rings is 1. The minimum absolute atomic E-state index is 0.420. The fourth-order valence-corrected chi connectivity index (χ4v) is 4.11. The van der Waals surface area contributed by atoms with Crippen molar-refractivity contribution >= 4 is 0 Å². The van der Waals surface area contributed by atoms with Gasteiger partial charge in [0, 0.05) is 30.7 Å². The molecule has 3 aliphatic carbocycles. The molecule has 4 fully saturated rings. The lowest BCUT2D eigenvalue weighted by Crippen LogP contribution is -2.70. The molecule has 0 aromatic carbocycles. The second-order valence-corrected chi connectivity index (χ2v) is 8.00. The third-order valence-corrected chi connectivity index (χ3v) is 6.20. The van der Waals surface area contributed by atoms with Gasteiger partial charge in [0.15, 0.2) is 0 Å². The van der Waals surface area contributed by atoms with Crippen LogP contribution in [-0.4, -0.2) is 35.6 Å². The molecule has 0 aromatic rings. The predicted octanol–water partition coefficient (Wildman–Crippen LogP) is 2.64. The molecule has 2 heteroatoms. The summed E-state index contributed by atoms with van der Waals surface area (Å²) in [4.78, 5) is 2.90. The summed E-state index contributed by atoms with van der Waals surface area (Å²) in [6.07, 6.45) is 8.84. The molecule has 1 N–H and O–H groups in total. The van der Waals surface area contributed by atoms with Crippen LogP contribution in [0.3, 0.4) is 0 Å². The van der Waals surface area contributed by atoms with Gasteiger partial charge in [0.2, 0.25) is 0 Å². The smallest absolute Gasteiger partial charge is 0.0335 e. The Kier molecular flexibility index (Phi) is 2.43. The van der Waals surface area contributed by atoms with E-state index in [-0.39, 0.29) is 0 Å². The van der Waals surface area contributed by atoms with Gasteiger partial charge in [0.05, 0.1) is 0 Å². The number of nitrogens with one attached hydrogen (secondary N) is 1. The average molecular weight is 248 g/mol. The van der Waals surface area contributed by atoms with Crippen LogP contribution in [0.5, 0.6) is 0 Å². The molecule has 1 aliphatic heterocycles. The van der Waals surface area contributed by atoms with E-state index in [9.17, 15) is 0 Å². The van der Waals surface area contributed by atoms with Crippen molar-refractivity contribution in [1.29, 1.82) is 0 Å². The Labute approximate surface area is 111 Å². The minimum Gasteiger partial charge on any atom is -0.308 e. The minimum atomic E-state index is 0.420. The zero-order valence-corrected chi connectivity index (χ0v) is 12.0. The van der Waals surface area contributed by atoms with Crippen molar-refractivity contribution in [2.24, 2.45) is 17.8 Å². The lowest BCUT2D eigenvalue weighted by Gasteiger charge is -2.53. The summed E-state index contributed by atoms with van der Waals surface area (Å²) in [7, 11) is 0. The van der Waals surface area contributed by atoms with Crippen molar-refractivity contribution in [2.45, 2.75) is 63.5 Å². The molecule has 2 unspecified atom stereocenters. The van der Waals surface area contributed by atoms with Crippen LogP contribution in [0.25, 0.3) is 0 Å². The maximum atomic E-state index is 3.95. The van der Waals surface area contributed by atoms with Crippen molar-refractivity contribution in [3.63, 3.8) is 0 Å². The molecule has 18 heavy (non-hydrogen) atoms. The van der Waals surface area contributed by atoms with Crippen LogP contribution < -0.4 is 5.32 Å². The topological polar surface area (TPSA) is 15.3 Å². The van der Waals surface area contributed by atoms with Gasteiger partial charge in [-0.25, -0.2) is 0 Å². The van der Waals surface area contributed by atoms with Crippen LogP contribution in [0.15, 0.2) is 0 Å². The molecule has 4 aliphatic rings. The van der Waals surface area contributed by atoms with Crippen molar-refractivity contribution in [3.05, 3.63) is 0 Å². The summed E-state index contributed by atoms with van der Waals surface area (Å²) in [6.45, 7) is 8.94. The molecule has 2 nitrogen and oxygen atoms in total. The summed E-state index contributed by atoms with van der Waals surface area (Å²) < 4.78 is 0. The number of hydrogen-bond acceptors (Lipinski definition) is 2. The van der Waals surface area contributed by atoms with E-state index in [4.69, 9.17) is 0 Å². The third kappa shape index (κ3) is 1.92. The SMILES string of the molecule is CC1(C2CC2)CN(CC2CC2)C(C)(C2CC2)CN1. The van der Waals surface area contributed by atoms with Crippen molar-refractivity contribution in [3.8, 4) is 0 Å². The van der Waals surface area contributed by atoms with E-state index < -0.39 is 0 Å². The normalized spacial score (nSPS) is 46.3. The van der Waals surface area contributed by atoms with Crippen LogP contribution in [0.2, 0.25) is 0 Å². The number of nitrogens with zero attached hydrogens (tertiary/aromatic N) is 1. The second-order valence-electron chi connectivity index (χ2n) is 8.00. The van der Waals surface area contributed by atoms with E-state index in [1.807, 2.05) is 0 Å². The van der Waals surface area contributed by atoms with Crippen molar-refractivity contribution in [2.75, 3.05) is 19.6 Å². The van der Waals surface area contributed by atoms with Crippen LogP contribution in [0, 0.1) is 17.8 Å². The molecule has 3 saturated carbocycles. The van der Waals surface area contributed by atoms with Gasteiger partial charge < -0.3 is 5.32 Å². The van der Waals surface area contributed by atoms with E-state index in [0.717, 1.165) is 17.8 Å². The highest BCUT2D eigenvalue weighted by Crippen LogP contribution is 2.49. The van der Waals surface area contributed by atoms with Gasteiger partial charge in [-0.1, -0.05) is 0 Å². The summed E-state index contributed by atoms with van der Waals surface area (Å²) in [5.41, 5.74) is 0.889. The highest BCUT2D eigenvalue weighted by atomic mass is 15.3. The fraction of sp³-hybridized carbons (Fsp3) is 1.00. The second kappa shape index (κ2) is 3.73. The average Bonchev–Trinajstić information content (AvgIpc) is 3.12. The zero-order chi connectivity index (χ0) is 12.4. The Balaban J connectivity index is 1.53. The summed E-state index contributed by atoms with van der Waals surface area (Å²) in [5, 5.41) is 3.95. The summed E-state index contributed by atoms with van der Waals surface area (Å²) in [5.74, 6) is 2.97. The molecule has 2 atom stereocenters. The van der Waals surface area contributed by atoms with Gasteiger partial charge in [-0.3, -0.25) is 4.90 Å². The van der Waals surface area contributed by atoms with Crippen molar-refractivity contribution in [1.82, 2.24) is 10.2 Å². The molecule has 4 rings (SSSR count). The molecular formula is C16H28N2. The largest absolute Gasteiger partial charge is 0.308 e. The Hall–Kier alpha value is -0.0800. The molecule has 102 valence electrons. The van der Waals surface area contributed by atoms with Gasteiger partial charge in [-0.05, 0) is 70.1 Å². The maximum Gasteiger partial charge on any atom is 0.0335 e. The molecule has 0 radical (unpaired) electrons. The first kappa shape index (κ1) is 11.7. The molecule has 0 aromatic heterocycles. The van der Waals surface area contributed by atoms with E-state index in [1.165, 1.54) is 58.2 Å². The predicted molar refractivity (Wildman–Crippen MR) is 74.6 cm³/mol. The first-order valence-corrected chi connectivity index (χ1v) is 8.10. The fourth-order valence-electron chi connectivity index (χ4n) is 4.11. The van der Waals surface area contributed by atoms with Gasteiger partial charge in [0.1, 0.15) is 0 Å². The Morgan fingerprint density at radius 2 is 1.67 bits per heavy atom. The first-order chi connectivity index (χ1) is 8.60. The Morgan fingerprint density at radius 1 is 1.00 bits per heavy atom. The standard InChI is InChI=1S/C16H28N2/c1-15(13-5-6-13)11-18(9-12-3-4-12)16(2,10-17-15)14-7-8-14/h12-14,17H,3-11H2,1-2H3. The maximum absolute atomic E-state index is 3.95. The van der Waals surface area contributed by atoms with Gasteiger partial charge >= 0.3 is 0 Å². The van der Waals surface area contributed by atoms with E-state index in [0.29, 0.717) is 11.1 Å². The lowest BCUT2D eigenvalue weighted by molar-refractivity contribution is -0.00393. The monoisotopic (exact) mass is 248 g/mol. The van der Waals surface area contributed by atoms with Gasteiger partial charge in [-0.2, -0.15) is 0 Å². The summed E-state index contributed by atoms with van der Waals surface area (Å²) >= 11 is 0. The third-order valence-electron chi connectivity index (χ3n) is 6.20. The Bertz CT molecular complexity index is 343. The molecular weight excluding hydrogens is 220 g/mol. The highest BCUT2D eigenvalue weighted by molar-refractivity contribution is 5.12. The molecule has 0 spiro atoms. The molecule has 0 amide bonds. The Morgan fingerprint density at radius 3 is 2.22 bits per heavy atom. The van der Waals surface area contributed by atoms with Crippen LogP contribution in [0.4, 0.5) is 0 Å². The van der Waals surface area contributed by atoms with Crippen LogP contribution in [-0.2, 0) is 0 Å². The van der Waals surface area contributed by atoms with Gasteiger partial charge in [-0.15, -0.1) is 0 Å². The first-order valence-electron chi connectivity index (χ1n) is 8.10. The quantitative estimate of drug-likeness (QED) is 0.823. The lowest BCUT2D eigenvalue weighted by atomic mass is 9.83. The molecule has 1 saturated heterocycles. The number of rotatable bonds is 4. The van der Waals surface area contributed by atoms with E-state index in [2.05, 4.69) is 24.1 Å². The summed E-state index contributed by atoms with van der Waals surface area (Å²) in [6, 6.07) is 0. The van der Waals surface area contributed by atoms with Crippen molar-refractivity contribution < 1.29 is 0 Å². The number of hydrogen-bond donors (Lipinski definition) is 1. The zero-order valence-electron chi connectivity index (χ0n) is 12.0. The highest BCUT2D eigenvalue weighted by Gasteiger charge is 2.54. The van der Waals surface area contributed by atoms with E-state index >= 15 is 0 Å². The van der Waals surface area contributed by atoms with Gasteiger partial charge in [0.25, 0.3) is 0 Å². The molecule has 1 heterocycles. The van der Waals surface area contributed by atoms with Crippen LogP contribution >= 0.6 is 0 Å². The van der Waals surface area contributed by atoms with Crippen LogP contribution in [0.1, 0.15) is 52.4 Å².